The molecule has 0 unspecified atom stereocenters. The van der Waals surface area contributed by atoms with Crippen molar-refractivity contribution in [3.8, 4) is 11.5 Å². The number of halogens is 2. The predicted molar refractivity (Wildman–Crippen MR) is 55.7 cm³/mol. The van der Waals surface area contributed by atoms with Gasteiger partial charge in [-0.2, -0.15) is 4.39 Å². The van der Waals surface area contributed by atoms with Gasteiger partial charge in [-0.3, -0.25) is 0 Å². The van der Waals surface area contributed by atoms with Crippen LogP contribution >= 0.6 is 11.6 Å². The van der Waals surface area contributed by atoms with Gasteiger partial charge < -0.3 is 4.74 Å². The first-order valence-corrected chi connectivity index (χ1v) is 4.67. The van der Waals surface area contributed by atoms with E-state index in [0.717, 1.165) is 0 Å². The minimum atomic E-state index is -0.575. The van der Waals surface area contributed by atoms with Gasteiger partial charge in [-0.15, -0.1) is 0 Å². The lowest BCUT2D eigenvalue weighted by molar-refractivity contribution is 0.472. The number of benzene rings is 1. The van der Waals surface area contributed by atoms with Gasteiger partial charge in [0.15, 0.2) is 0 Å². The van der Waals surface area contributed by atoms with E-state index < -0.39 is 5.95 Å². The van der Waals surface area contributed by atoms with Crippen molar-refractivity contribution in [3.63, 3.8) is 0 Å². The van der Waals surface area contributed by atoms with Crippen molar-refractivity contribution < 1.29 is 9.13 Å². The summed E-state index contributed by atoms with van der Waals surface area (Å²) in [4.78, 5) is 3.43. The Balaban J connectivity index is 2.22. The maximum atomic E-state index is 12.7. The van der Waals surface area contributed by atoms with Gasteiger partial charge in [0, 0.05) is 17.3 Å². The van der Waals surface area contributed by atoms with Crippen LogP contribution in [0.15, 0.2) is 42.6 Å². The van der Waals surface area contributed by atoms with Crippen LogP contribution in [0.2, 0.25) is 5.02 Å². The number of hydrogen-bond acceptors (Lipinski definition) is 2. The molecular formula is C11H7ClFNO. The van der Waals surface area contributed by atoms with Crippen molar-refractivity contribution in [2.24, 2.45) is 0 Å². The molecule has 0 amide bonds. The maximum absolute atomic E-state index is 12.7. The molecule has 0 aliphatic rings. The topological polar surface area (TPSA) is 22.1 Å². The van der Waals surface area contributed by atoms with Crippen molar-refractivity contribution in [2.45, 2.75) is 0 Å². The van der Waals surface area contributed by atoms with Gasteiger partial charge >= 0.3 is 0 Å². The van der Waals surface area contributed by atoms with Crippen LogP contribution in [-0.4, -0.2) is 4.98 Å². The molecule has 15 heavy (non-hydrogen) atoms. The number of ether oxygens (including phenoxy) is 1. The van der Waals surface area contributed by atoms with E-state index in [9.17, 15) is 4.39 Å². The standard InChI is InChI=1S/C11H7ClFNO/c12-8-2-1-3-9(6-8)15-10-4-5-14-11(13)7-10/h1-7H. The highest BCUT2D eigenvalue weighted by Crippen LogP contribution is 2.23. The van der Waals surface area contributed by atoms with E-state index in [4.69, 9.17) is 16.3 Å². The van der Waals surface area contributed by atoms with E-state index >= 15 is 0 Å². The molecule has 0 atom stereocenters. The Morgan fingerprint density at radius 2 is 1.93 bits per heavy atom. The average molecular weight is 224 g/mol. The minimum absolute atomic E-state index is 0.393. The largest absolute Gasteiger partial charge is 0.457 e. The number of aromatic nitrogens is 1. The summed E-state index contributed by atoms with van der Waals surface area (Å²) in [5, 5.41) is 0.571. The van der Waals surface area contributed by atoms with Crippen molar-refractivity contribution in [3.05, 3.63) is 53.6 Å². The Bertz CT molecular complexity index is 432. The molecule has 1 aromatic carbocycles. The molecule has 0 aliphatic carbocycles. The van der Waals surface area contributed by atoms with E-state index in [0.29, 0.717) is 16.5 Å². The molecule has 0 fully saturated rings. The molecule has 0 spiro atoms. The third-order valence-electron chi connectivity index (χ3n) is 1.73. The van der Waals surface area contributed by atoms with E-state index in [1.807, 2.05) is 0 Å². The molecule has 2 nitrogen and oxygen atoms in total. The van der Waals surface area contributed by atoms with Crippen LogP contribution in [-0.2, 0) is 0 Å². The highest BCUT2D eigenvalue weighted by molar-refractivity contribution is 6.30. The fourth-order valence-electron chi connectivity index (χ4n) is 1.11. The number of hydrogen-bond donors (Lipinski definition) is 0. The molecule has 0 saturated carbocycles. The summed E-state index contributed by atoms with van der Waals surface area (Å²) in [7, 11) is 0. The number of pyridine rings is 1. The van der Waals surface area contributed by atoms with Gasteiger partial charge in [-0.1, -0.05) is 17.7 Å². The van der Waals surface area contributed by atoms with Gasteiger partial charge in [0.1, 0.15) is 11.5 Å². The van der Waals surface area contributed by atoms with Crippen LogP contribution in [0, 0.1) is 5.95 Å². The quantitative estimate of drug-likeness (QED) is 0.725. The Morgan fingerprint density at radius 3 is 2.67 bits per heavy atom. The van der Waals surface area contributed by atoms with Crippen LogP contribution < -0.4 is 4.74 Å². The van der Waals surface area contributed by atoms with Crippen LogP contribution in [0.4, 0.5) is 4.39 Å². The zero-order valence-electron chi connectivity index (χ0n) is 7.65. The van der Waals surface area contributed by atoms with Crippen molar-refractivity contribution in [1.82, 2.24) is 4.98 Å². The Morgan fingerprint density at radius 1 is 1.13 bits per heavy atom. The highest BCUT2D eigenvalue weighted by Gasteiger charge is 1.99. The van der Waals surface area contributed by atoms with Crippen molar-refractivity contribution >= 4 is 11.6 Å². The first-order chi connectivity index (χ1) is 7.24. The summed E-state index contributed by atoms with van der Waals surface area (Å²) in [6.07, 6.45) is 1.34. The molecule has 0 aliphatic heterocycles. The smallest absolute Gasteiger partial charge is 0.216 e. The van der Waals surface area contributed by atoms with Gasteiger partial charge in [-0.05, 0) is 24.3 Å². The summed E-state index contributed by atoms with van der Waals surface area (Å²) in [5.74, 6) is 0.382. The zero-order valence-corrected chi connectivity index (χ0v) is 8.41. The average Bonchev–Trinajstić information content (AvgIpc) is 2.17. The Kier molecular flexibility index (Phi) is 2.83. The SMILES string of the molecule is Fc1cc(Oc2cccc(Cl)c2)ccn1. The highest BCUT2D eigenvalue weighted by atomic mass is 35.5. The summed E-state index contributed by atoms with van der Waals surface area (Å²) in [5.41, 5.74) is 0. The maximum Gasteiger partial charge on any atom is 0.216 e. The number of nitrogens with zero attached hydrogens (tertiary/aromatic N) is 1. The van der Waals surface area contributed by atoms with Crippen LogP contribution in [0.1, 0.15) is 0 Å². The summed E-state index contributed by atoms with van der Waals surface area (Å²) >= 11 is 5.78. The molecule has 0 saturated heterocycles. The molecular weight excluding hydrogens is 217 g/mol. The molecule has 1 heterocycles. The molecule has 2 aromatic rings. The second-order valence-corrected chi connectivity index (χ2v) is 3.31. The Hall–Kier alpha value is -1.61. The van der Waals surface area contributed by atoms with Crippen LogP contribution in [0.5, 0.6) is 11.5 Å². The summed E-state index contributed by atoms with van der Waals surface area (Å²) < 4.78 is 18.1. The van der Waals surface area contributed by atoms with Crippen LogP contribution in [0.3, 0.4) is 0 Å². The van der Waals surface area contributed by atoms with Gasteiger partial charge in [0.25, 0.3) is 0 Å². The lowest BCUT2D eigenvalue weighted by Crippen LogP contribution is -1.86. The van der Waals surface area contributed by atoms with E-state index in [1.165, 1.54) is 12.3 Å². The lowest BCUT2D eigenvalue weighted by Gasteiger charge is -2.04. The summed E-state index contributed by atoms with van der Waals surface area (Å²) in [6.45, 7) is 0. The molecule has 0 radical (unpaired) electrons. The normalized spacial score (nSPS) is 10.0. The minimum Gasteiger partial charge on any atom is -0.457 e. The monoisotopic (exact) mass is 223 g/mol. The molecule has 4 heteroatoms. The Labute approximate surface area is 91.3 Å². The lowest BCUT2D eigenvalue weighted by atomic mass is 10.3. The second kappa shape index (κ2) is 4.28. The van der Waals surface area contributed by atoms with Crippen molar-refractivity contribution in [1.29, 1.82) is 0 Å². The summed E-state index contributed by atoms with van der Waals surface area (Å²) in [6, 6.07) is 9.67. The molecule has 0 bridgehead atoms. The van der Waals surface area contributed by atoms with E-state index in [1.54, 1.807) is 30.3 Å². The van der Waals surface area contributed by atoms with E-state index in [-0.39, 0.29) is 0 Å². The van der Waals surface area contributed by atoms with Crippen LogP contribution in [0.25, 0.3) is 0 Å². The molecule has 1 aromatic heterocycles. The first-order valence-electron chi connectivity index (χ1n) is 4.29. The fraction of sp³-hybridized carbons (Fsp3) is 0. The number of rotatable bonds is 2. The van der Waals surface area contributed by atoms with Crippen molar-refractivity contribution in [2.75, 3.05) is 0 Å². The zero-order chi connectivity index (χ0) is 10.7. The fourth-order valence-corrected chi connectivity index (χ4v) is 1.30. The van der Waals surface area contributed by atoms with Gasteiger partial charge in [0.05, 0.1) is 0 Å². The first kappa shape index (κ1) is 9.93. The third kappa shape index (κ3) is 2.67. The predicted octanol–water partition coefficient (Wildman–Crippen LogP) is 3.67. The van der Waals surface area contributed by atoms with E-state index in [2.05, 4.69) is 4.98 Å². The third-order valence-corrected chi connectivity index (χ3v) is 1.96. The van der Waals surface area contributed by atoms with Gasteiger partial charge in [-0.25, -0.2) is 4.98 Å². The van der Waals surface area contributed by atoms with Gasteiger partial charge in [0.2, 0.25) is 5.95 Å². The molecule has 76 valence electrons. The second-order valence-electron chi connectivity index (χ2n) is 2.87. The molecule has 0 N–H and O–H groups in total. The molecule has 2 rings (SSSR count).